The smallest absolute Gasteiger partial charge is 0.417 e. The molecule has 0 radical (unpaired) electrons. The van der Waals surface area contributed by atoms with Gasteiger partial charge in [0.1, 0.15) is 16.7 Å². The van der Waals surface area contributed by atoms with Crippen molar-refractivity contribution in [3.63, 3.8) is 0 Å². The summed E-state index contributed by atoms with van der Waals surface area (Å²) < 4.78 is 11.6. The molecular formula is C15H19IN2O5S. The summed E-state index contributed by atoms with van der Waals surface area (Å²) in [4.78, 5) is 38.4. The van der Waals surface area contributed by atoms with E-state index in [4.69, 9.17) is 9.47 Å². The zero-order valence-corrected chi connectivity index (χ0v) is 16.8. The number of carbonyl (C=O) groups is 3. The molecule has 0 unspecified atom stereocenters. The van der Waals surface area contributed by atoms with Crippen molar-refractivity contribution in [1.82, 2.24) is 4.90 Å². The fourth-order valence-corrected chi connectivity index (χ4v) is 3.69. The van der Waals surface area contributed by atoms with Gasteiger partial charge in [-0.2, -0.15) is 0 Å². The van der Waals surface area contributed by atoms with Crippen LogP contribution < -0.4 is 4.90 Å². The number of hydrogen-bond donors (Lipinski definition) is 0. The molecule has 0 N–H and O–H groups in total. The van der Waals surface area contributed by atoms with Gasteiger partial charge in [0.05, 0.1) is 16.0 Å². The van der Waals surface area contributed by atoms with Gasteiger partial charge in [0.15, 0.2) is 0 Å². The normalized spacial score (nSPS) is 17.6. The van der Waals surface area contributed by atoms with E-state index in [1.54, 1.807) is 20.8 Å². The largest absolute Gasteiger partial charge is 0.443 e. The first-order chi connectivity index (χ1) is 11.1. The molecule has 1 aromatic rings. The second-order valence-corrected chi connectivity index (χ2v) is 9.26. The molecule has 1 aliphatic rings. The van der Waals surface area contributed by atoms with Crippen molar-refractivity contribution in [3.8, 4) is 0 Å². The Morgan fingerprint density at radius 2 is 2.12 bits per heavy atom. The average molecular weight is 466 g/mol. The SMILES string of the molecule is CC(=O)N(C[C@H]1CN(c2ccc(I)s2)C(=O)O1)C(=O)OC(C)(C)C. The van der Waals surface area contributed by atoms with Crippen LogP contribution in [-0.4, -0.2) is 47.8 Å². The number of halogens is 1. The highest BCUT2D eigenvalue weighted by atomic mass is 127. The first-order valence-corrected chi connectivity index (χ1v) is 9.21. The Morgan fingerprint density at radius 1 is 1.46 bits per heavy atom. The predicted octanol–water partition coefficient (Wildman–Crippen LogP) is 3.46. The summed E-state index contributed by atoms with van der Waals surface area (Å²) in [5.74, 6) is -0.454. The zero-order valence-electron chi connectivity index (χ0n) is 13.9. The molecule has 0 aromatic carbocycles. The van der Waals surface area contributed by atoms with E-state index in [1.165, 1.54) is 23.2 Å². The Labute approximate surface area is 158 Å². The highest BCUT2D eigenvalue weighted by molar-refractivity contribution is 14.1. The van der Waals surface area contributed by atoms with Crippen LogP contribution in [0.1, 0.15) is 27.7 Å². The lowest BCUT2D eigenvalue weighted by atomic mass is 10.2. The van der Waals surface area contributed by atoms with Crippen molar-refractivity contribution in [1.29, 1.82) is 0 Å². The predicted molar refractivity (Wildman–Crippen MR) is 98.3 cm³/mol. The molecule has 1 aliphatic heterocycles. The van der Waals surface area contributed by atoms with Crippen LogP contribution in [-0.2, 0) is 14.3 Å². The van der Waals surface area contributed by atoms with Crippen LogP contribution in [0.5, 0.6) is 0 Å². The Kier molecular flexibility index (Phi) is 5.74. The number of nitrogens with zero attached hydrogens (tertiary/aromatic N) is 2. The third kappa shape index (κ3) is 4.82. The third-order valence-electron chi connectivity index (χ3n) is 3.08. The average Bonchev–Trinajstić information content (AvgIpc) is 2.99. The number of anilines is 1. The molecule has 1 saturated heterocycles. The summed E-state index contributed by atoms with van der Waals surface area (Å²) in [5.41, 5.74) is -0.711. The van der Waals surface area contributed by atoms with E-state index in [2.05, 4.69) is 22.6 Å². The molecular weight excluding hydrogens is 447 g/mol. The van der Waals surface area contributed by atoms with Gasteiger partial charge in [-0.05, 0) is 55.5 Å². The summed E-state index contributed by atoms with van der Waals surface area (Å²) in [5, 5.41) is 0.776. The van der Waals surface area contributed by atoms with Gasteiger partial charge in [0.2, 0.25) is 5.91 Å². The van der Waals surface area contributed by atoms with Gasteiger partial charge in [-0.3, -0.25) is 9.69 Å². The number of ether oxygens (including phenoxy) is 2. The van der Waals surface area contributed by atoms with Crippen molar-refractivity contribution in [2.45, 2.75) is 39.4 Å². The maximum absolute atomic E-state index is 12.2. The maximum Gasteiger partial charge on any atom is 0.417 e. The van der Waals surface area contributed by atoms with Crippen LogP contribution in [0.25, 0.3) is 0 Å². The zero-order chi connectivity index (χ0) is 18.1. The van der Waals surface area contributed by atoms with Gasteiger partial charge in [-0.1, -0.05) is 0 Å². The standard InChI is InChI=1S/C15H19IN2O5S/c1-9(19)17(14(21)23-15(2,3)4)7-10-8-18(13(20)22-10)12-6-5-11(16)24-12/h5-6,10H,7-8H2,1-4H3/t10-/m0/s1. The fraction of sp³-hybridized carbons (Fsp3) is 0.533. The minimum atomic E-state index is -0.741. The molecule has 0 aliphatic carbocycles. The number of cyclic esters (lactones) is 1. The van der Waals surface area contributed by atoms with Crippen LogP contribution >= 0.6 is 33.9 Å². The second kappa shape index (κ2) is 7.26. The van der Waals surface area contributed by atoms with Gasteiger partial charge >= 0.3 is 12.2 Å². The highest BCUT2D eigenvalue weighted by Gasteiger charge is 2.37. The minimum Gasteiger partial charge on any atom is -0.443 e. The fourth-order valence-electron chi connectivity index (χ4n) is 2.10. The van der Waals surface area contributed by atoms with Gasteiger partial charge in [-0.15, -0.1) is 11.3 Å². The Balaban J connectivity index is 2.04. The molecule has 0 saturated carbocycles. The van der Waals surface area contributed by atoms with Crippen LogP contribution in [0.4, 0.5) is 14.6 Å². The topological polar surface area (TPSA) is 76.2 Å². The lowest BCUT2D eigenvalue weighted by Gasteiger charge is -2.26. The third-order valence-corrected chi connectivity index (χ3v) is 5.00. The van der Waals surface area contributed by atoms with Crippen molar-refractivity contribution in [2.75, 3.05) is 18.0 Å². The van der Waals surface area contributed by atoms with E-state index < -0.39 is 29.8 Å². The van der Waals surface area contributed by atoms with Crippen molar-refractivity contribution in [2.24, 2.45) is 0 Å². The Bertz CT molecular complexity index is 655. The number of imide groups is 1. The van der Waals surface area contributed by atoms with E-state index in [0.29, 0.717) is 0 Å². The highest BCUT2D eigenvalue weighted by Crippen LogP contribution is 2.30. The molecule has 1 aromatic heterocycles. The first-order valence-electron chi connectivity index (χ1n) is 7.31. The van der Waals surface area contributed by atoms with E-state index in [1.807, 2.05) is 12.1 Å². The van der Waals surface area contributed by atoms with Crippen molar-refractivity contribution < 1.29 is 23.9 Å². The summed E-state index contributed by atoms with van der Waals surface area (Å²) in [6.45, 7) is 6.69. The van der Waals surface area contributed by atoms with Crippen molar-refractivity contribution in [3.05, 3.63) is 15.0 Å². The van der Waals surface area contributed by atoms with Crippen LogP contribution in [0.3, 0.4) is 0 Å². The van der Waals surface area contributed by atoms with E-state index >= 15 is 0 Å². The number of rotatable bonds is 3. The summed E-state index contributed by atoms with van der Waals surface area (Å²) in [7, 11) is 0. The number of thiophene rings is 1. The molecule has 0 bridgehead atoms. The molecule has 0 spiro atoms. The second-order valence-electron chi connectivity index (χ2n) is 6.30. The molecule has 7 nitrogen and oxygen atoms in total. The molecule has 1 fully saturated rings. The van der Waals surface area contributed by atoms with Crippen LogP contribution in [0.2, 0.25) is 0 Å². The summed E-state index contributed by atoms with van der Waals surface area (Å²) in [6, 6.07) is 3.75. The van der Waals surface area contributed by atoms with E-state index in [-0.39, 0.29) is 13.1 Å². The van der Waals surface area contributed by atoms with E-state index in [0.717, 1.165) is 12.8 Å². The lowest BCUT2D eigenvalue weighted by molar-refractivity contribution is -0.129. The molecule has 1 atom stereocenters. The van der Waals surface area contributed by atoms with Crippen LogP contribution in [0.15, 0.2) is 12.1 Å². The molecule has 9 heteroatoms. The van der Waals surface area contributed by atoms with Gasteiger partial charge in [0, 0.05) is 6.92 Å². The molecule has 132 valence electrons. The molecule has 2 heterocycles. The number of amides is 3. The van der Waals surface area contributed by atoms with Gasteiger partial charge in [-0.25, -0.2) is 14.5 Å². The molecule has 3 amide bonds. The molecule has 2 rings (SSSR count). The summed E-state index contributed by atoms with van der Waals surface area (Å²) in [6.07, 6.45) is -1.81. The minimum absolute atomic E-state index is 0.0328. The van der Waals surface area contributed by atoms with Gasteiger partial charge < -0.3 is 9.47 Å². The first kappa shape index (κ1) is 19.0. The van der Waals surface area contributed by atoms with Gasteiger partial charge in [0.25, 0.3) is 0 Å². The maximum atomic E-state index is 12.2. The quantitative estimate of drug-likeness (QED) is 0.638. The Hall–Kier alpha value is -1.36. The number of carbonyl (C=O) groups excluding carboxylic acids is 3. The monoisotopic (exact) mass is 466 g/mol. The summed E-state index contributed by atoms with van der Waals surface area (Å²) >= 11 is 3.64. The lowest BCUT2D eigenvalue weighted by Crippen LogP contribution is -2.44. The Morgan fingerprint density at radius 3 is 2.62 bits per heavy atom. The number of hydrogen-bond acceptors (Lipinski definition) is 6. The van der Waals surface area contributed by atoms with Crippen molar-refractivity contribution >= 4 is 57.0 Å². The van der Waals surface area contributed by atoms with E-state index in [9.17, 15) is 14.4 Å². The molecule has 24 heavy (non-hydrogen) atoms. The van der Waals surface area contributed by atoms with Crippen LogP contribution in [0, 0.1) is 2.88 Å².